The molecule has 0 saturated carbocycles. The minimum Gasteiger partial charge on any atom is -0.381 e. The summed E-state index contributed by atoms with van der Waals surface area (Å²) in [4.78, 5) is 4.32. The van der Waals surface area contributed by atoms with Gasteiger partial charge in [0, 0.05) is 38.1 Å². The van der Waals surface area contributed by atoms with Gasteiger partial charge in [0.1, 0.15) is 0 Å². The van der Waals surface area contributed by atoms with E-state index in [2.05, 4.69) is 53.1 Å². The van der Waals surface area contributed by atoms with Crippen LogP contribution in [0.3, 0.4) is 0 Å². The Morgan fingerprint density at radius 3 is 2.43 bits per heavy atom. The second-order valence-corrected chi connectivity index (χ2v) is 7.04. The minimum atomic E-state index is 0. The SMILES string of the molecule is CN=C(NCc1ccc(C)cc1)NCC1(SC)CCOCC1.I. The van der Waals surface area contributed by atoms with Crippen LogP contribution in [-0.2, 0) is 11.3 Å². The van der Waals surface area contributed by atoms with Crippen molar-refractivity contribution >= 4 is 41.7 Å². The number of thioether (sulfide) groups is 1. The molecule has 1 aliphatic heterocycles. The van der Waals surface area contributed by atoms with E-state index in [4.69, 9.17) is 4.74 Å². The molecule has 1 fully saturated rings. The highest BCUT2D eigenvalue weighted by Gasteiger charge is 2.31. The first kappa shape index (κ1) is 20.6. The van der Waals surface area contributed by atoms with Crippen LogP contribution in [0, 0.1) is 6.92 Å². The summed E-state index contributed by atoms with van der Waals surface area (Å²) in [6.07, 6.45) is 4.38. The molecular formula is C17H28IN3OS. The molecule has 0 aliphatic carbocycles. The molecule has 1 aliphatic rings. The number of nitrogens with zero attached hydrogens (tertiary/aromatic N) is 1. The van der Waals surface area contributed by atoms with Gasteiger partial charge in [0.2, 0.25) is 0 Å². The van der Waals surface area contributed by atoms with Crippen LogP contribution in [0.2, 0.25) is 0 Å². The average molecular weight is 449 g/mol. The van der Waals surface area contributed by atoms with Gasteiger partial charge in [-0.25, -0.2) is 0 Å². The highest BCUT2D eigenvalue weighted by Crippen LogP contribution is 2.32. The topological polar surface area (TPSA) is 45.7 Å². The molecule has 1 aromatic carbocycles. The first-order valence-corrected chi connectivity index (χ1v) is 9.03. The highest BCUT2D eigenvalue weighted by atomic mass is 127. The summed E-state index contributed by atoms with van der Waals surface area (Å²) in [5, 5.41) is 6.86. The molecule has 1 aromatic rings. The van der Waals surface area contributed by atoms with E-state index in [1.807, 2.05) is 18.8 Å². The van der Waals surface area contributed by atoms with Crippen molar-refractivity contribution in [1.82, 2.24) is 10.6 Å². The number of nitrogens with one attached hydrogen (secondary N) is 2. The Hall–Kier alpha value is -0.470. The van der Waals surface area contributed by atoms with Crippen LogP contribution >= 0.6 is 35.7 Å². The van der Waals surface area contributed by atoms with Crippen molar-refractivity contribution in [1.29, 1.82) is 0 Å². The fourth-order valence-electron chi connectivity index (χ4n) is 2.55. The third-order valence-electron chi connectivity index (χ3n) is 4.22. The third kappa shape index (κ3) is 6.51. The summed E-state index contributed by atoms with van der Waals surface area (Å²) in [5.74, 6) is 0.862. The van der Waals surface area contributed by atoms with Gasteiger partial charge < -0.3 is 15.4 Å². The lowest BCUT2D eigenvalue weighted by Crippen LogP contribution is -2.47. The van der Waals surface area contributed by atoms with E-state index in [-0.39, 0.29) is 28.7 Å². The van der Waals surface area contributed by atoms with Gasteiger partial charge in [-0.05, 0) is 31.6 Å². The van der Waals surface area contributed by atoms with E-state index in [1.165, 1.54) is 11.1 Å². The van der Waals surface area contributed by atoms with E-state index >= 15 is 0 Å². The number of benzene rings is 1. The van der Waals surface area contributed by atoms with Gasteiger partial charge >= 0.3 is 0 Å². The second-order valence-electron chi connectivity index (χ2n) is 5.76. The molecule has 0 spiro atoms. The number of aryl methyl sites for hydroxylation is 1. The number of rotatable bonds is 5. The van der Waals surface area contributed by atoms with E-state index in [9.17, 15) is 0 Å². The number of guanidine groups is 1. The molecule has 6 heteroatoms. The largest absolute Gasteiger partial charge is 0.381 e. The third-order valence-corrected chi connectivity index (χ3v) is 5.64. The highest BCUT2D eigenvalue weighted by molar-refractivity contribution is 14.0. The zero-order chi connectivity index (χ0) is 15.8. The van der Waals surface area contributed by atoms with Crippen molar-refractivity contribution in [2.45, 2.75) is 31.1 Å². The summed E-state index contributed by atoms with van der Waals surface area (Å²) < 4.78 is 5.75. The van der Waals surface area contributed by atoms with Crippen LogP contribution in [0.4, 0.5) is 0 Å². The molecule has 0 radical (unpaired) electrons. The maximum Gasteiger partial charge on any atom is 0.191 e. The molecule has 0 unspecified atom stereocenters. The van der Waals surface area contributed by atoms with Gasteiger partial charge in [-0.15, -0.1) is 24.0 Å². The monoisotopic (exact) mass is 449 g/mol. The summed E-state index contributed by atoms with van der Waals surface area (Å²) in [5.41, 5.74) is 2.55. The lowest BCUT2D eigenvalue weighted by atomic mass is 9.99. The number of hydrogen-bond donors (Lipinski definition) is 2. The maximum atomic E-state index is 5.49. The Labute approximate surface area is 161 Å². The molecule has 1 saturated heterocycles. The Morgan fingerprint density at radius 2 is 1.87 bits per heavy atom. The van der Waals surface area contributed by atoms with E-state index in [0.29, 0.717) is 0 Å². The van der Waals surface area contributed by atoms with Crippen molar-refractivity contribution in [3.8, 4) is 0 Å². The van der Waals surface area contributed by atoms with Crippen molar-refractivity contribution in [3.63, 3.8) is 0 Å². The lowest BCUT2D eigenvalue weighted by molar-refractivity contribution is 0.0783. The van der Waals surface area contributed by atoms with Crippen molar-refractivity contribution < 1.29 is 4.74 Å². The van der Waals surface area contributed by atoms with Crippen LogP contribution in [0.1, 0.15) is 24.0 Å². The summed E-state index contributed by atoms with van der Waals surface area (Å²) in [6, 6.07) is 8.57. The van der Waals surface area contributed by atoms with Gasteiger partial charge in [-0.1, -0.05) is 29.8 Å². The Morgan fingerprint density at radius 1 is 1.22 bits per heavy atom. The molecule has 2 rings (SSSR count). The van der Waals surface area contributed by atoms with Gasteiger partial charge in [-0.3, -0.25) is 4.99 Å². The van der Waals surface area contributed by atoms with E-state index < -0.39 is 0 Å². The van der Waals surface area contributed by atoms with Gasteiger partial charge in [-0.2, -0.15) is 11.8 Å². The van der Waals surface area contributed by atoms with Crippen molar-refractivity contribution in [2.75, 3.05) is 33.1 Å². The summed E-state index contributed by atoms with van der Waals surface area (Å²) in [6.45, 7) is 5.53. The van der Waals surface area contributed by atoms with Crippen molar-refractivity contribution in [3.05, 3.63) is 35.4 Å². The lowest BCUT2D eigenvalue weighted by Gasteiger charge is -2.36. The molecule has 1 heterocycles. The minimum absolute atomic E-state index is 0. The normalized spacial score (nSPS) is 17.3. The average Bonchev–Trinajstić information content (AvgIpc) is 2.57. The number of hydrogen-bond acceptors (Lipinski definition) is 3. The first-order chi connectivity index (χ1) is 10.7. The summed E-state index contributed by atoms with van der Waals surface area (Å²) >= 11 is 1.94. The predicted octanol–water partition coefficient (Wildman–Crippen LogP) is 3.19. The Kier molecular flexibility index (Phi) is 9.31. The van der Waals surface area contributed by atoms with Crippen LogP contribution in [0.15, 0.2) is 29.3 Å². The standard InChI is InChI=1S/C17H27N3OS.HI/c1-14-4-6-15(7-5-14)12-19-16(18-2)20-13-17(22-3)8-10-21-11-9-17;/h4-7H,8-13H2,1-3H3,(H2,18,19,20);1H. The Balaban J connectivity index is 0.00000264. The van der Waals surface area contributed by atoms with E-state index in [0.717, 1.165) is 45.1 Å². The molecule has 0 amide bonds. The fourth-order valence-corrected chi connectivity index (χ4v) is 3.35. The molecular weight excluding hydrogens is 421 g/mol. The molecule has 130 valence electrons. The molecule has 2 N–H and O–H groups in total. The number of ether oxygens (including phenoxy) is 1. The fraction of sp³-hybridized carbons (Fsp3) is 0.588. The van der Waals surface area contributed by atoms with Crippen LogP contribution in [0.25, 0.3) is 0 Å². The summed E-state index contributed by atoms with van der Waals surface area (Å²) in [7, 11) is 1.82. The van der Waals surface area contributed by atoms with Gasteiger partial charge in [0.05, 0.1) is 0 Å². The van der Waals surface area contributed by atoms with Gasteiger partial charge in [0.25, 0.3) is 0 Å². The molecule has 4 nitrogen and oxygen atoms in total. The van der Waals surface area contributed by atoms with Gasteiger partial charge in [0.15, 0.2) is 5.96 Å². The molecule has 0 atom stereocenters. The quantitative estimate of drug-likeness (QED) is 0.412. The van der Waals surface area contributed by atoms with E-state index in [1.54, 1.807) is 0 Å². The van der Waals surface area contributed by atoms with Crippen LogP contribution in [0.5, 0.6) is 0 Å². The molecule has 23 heavy (non-hydrogen) atoms. The number of halogens is 1. The molecule has 0 aromatic heterocycles. The second kappa shape index (κ2) is 10.4. The maximum absolute atomic E-state index is 5.49. The first-order valence-electron chi connectivity index (χ1n) is 7.80. The zero-order valence-corrected chi connectivity index (χ0v) is 17.4. The molecule has 0 bridgehead atoms. The Bertz CT molecular complexity index is 487. The zero-order valence-electron chi connectivity index (χ0n) is 14.2. The smallest absolute Gasteiger partial charge is 0.191 e. The predicted molar refractivity (Wildman–Crippen MR) is 111 cm³/mol. The van der Waals surface area contributed by atoms with Crippen LogP contribution < -0.4 is 10.6 Å². The number of aliphatic imine (C=N–C) groups is 1. The van der Waals surface area contributed by atoms with Crippen LogP contribution in [-0.4, -0.2) is 43.8 Å². The van der Waals surface area contributed by atoms with Crippen molar-refractivity contribution in [2.24, 2.45) is 4.99 Å².